The fraction of sp³-hybridized carbons (Fsp3) is 0.533. The molecule has 0 aliphatic carbocycles. The van der Waals surface area contributed by atoms with Crippen LogP contribution in [0.4, 0.5) is 5.69 Å². The summed E-state index contributed by atoms with van der Waals surface area (Å²) in [6.07, 6.45) is 0. The highest BCUT2D eigenvalue weighted by Gasteiger charge is 2.28. The summed E-state index contributed by atoms with van der Waals surface area (Å²) in [7, 11) is 1.72. The average Bonchev–Trinajstić information content (AvgIpc) is 2.39. The molecule has 1 amide bonds. The van der Waals surface area contributed by atoms with Crippen LogP contribution >= 0.6 is 0 Å². The van der Waals surface area contributed by atoms with Crippen LogP contribution in [0.2, 0.25) is 0 Å². The third-order valence-electron chi connectivity index (χ3n) is 3.37. The molecule has 0 fully saturated rings. The molecule has 0 aliphatic heterocycles. The Bertz CT molecular complexity index is 455. The second kappa shape index (κ2) is 6.06. The molecule has 4 heteroatoms. The maximum absolute atomic E-state index is 12.6. The van der Waals surface area contributed by atoms with Crippen molar-refractivity contribution in [3.63, 3.8) is 0 Å². The van der Waals surface area contributed by atoms with Crippen molar-refractivity contribution in [2.24, 2.45) is 0 Å². The molecule has 0 aromatic heterocycles. The minimum atomic E-state index is -0.579. The molecule has 4 nitrogen and oxygen atoms in total. The van der Waals surface area contributed by atoms with Crippen molar-refractivity contribution in [3.8, 4) is 0 Å². The topological polar surface area (TPSA) is 52.6 Å². The Morgan fingerprint density at radius 1 is 1.42 bits per heavy atom. The molecule has 0 aliphatic rings. The zero-order valence-electron chi connectivity index (χ0n) is 12.4. The summed E-state index contributed by atoms with van der Waals surface area (Å²) in [6, 6.07) is 5.78. The molecule has 19 heavy (non-hydrogen) atoms. The van der Waals surface area contributed by atoms with Gasteiger partial charge in [-0.3, -0.25) is 4.79 Å². The number of amides is 1. The molecule has 1 aromatic rings. The fourth-order valence-corrected chi connectivity index (χ4v) is 1.74. The second-order valence-corrected chi connectivity index (χ2v) is 5.41. The molecule has 0 heterocycles. The number of aliphatic hydroxyl groups is 1. The Balaban J connectivity index is 3.14. The SMILES string of the molecule is CCNc1ccc(C)cc1C(=O)N(C)C(C)(C)CO. The number of nitrogens with zero attached hydrogens (tertiary/aromatic N) is 1. The number of rotatable bonds is 5. The van der Waals surface area contributed by atoms with Gasteiger partial charge in [0.2, 0.25) is 0 Å². The van der Waals surface area contributed by atoms with Crippen molar-refractivity contribution in [2.75, 3.05) is 25.5 Å². The van der Waals surface area contributed by atoms with Crippen LogP contribution in [-0.2, 0) is 0 Å². The van der Waals surface area contributed by atoms with Crippen molar-refractivity contribution in [1.82, 2.24) is 4.90 Å². The van der Waals surface area contributed by atoms with Crippen LogP contribution in [0.5, 0.6) is 0 Å². The van der Waals surface area contributed by atoms with E-state index < -0.39 is 5.54 Å². The van der Waals surface area contributed by atoms with Gasteiger partial charge in [0.05, 0.1) is 17.7 Å². The molecule has 0 unspecified atom stereocenters. The van der Waals surface area contributed by atoms with E-state index in [1.54, 1.807) is 11.9 Å². The van der Waals surface area contributed by atoms with E-state index in [2.05, 4.69) is 5.32 Å². The molecule has 0 atom stereocenters. The van der Waals surface area contributed by atoms with Crippen LogP contribution in [0.3, 0.4) is 0 Å². The minimum Gasteiger partial charge on any atom is -0.394 e. The number of carbonyl (C=O) groups is 1. The van der Waals surface area contributed by atoms with Gasteiger partial charge in [-0.15, -0.1) is 0 Å². The lowest BCUT2D eigenvalue weighted by Crippen LogP contribution is -2.47. The zero-order chi connectivity index (χ0) is 14.6. The first kappa shape index (κ1) is 15.5. The lowest BCUT2D eigenvalue weighted by Gasteiger charge is -2.34. The minimum absolute atomic E-state index is 0.0718. The summed E-state index contributed by atoms with van der Waals surface area (Å²) in [5, 5.41) is 12.6. The van der Waals surface area contributed by atoms with Crippen molar-refractivity contribution < 1.29 is 9.90 Å². The van der Waals surface area contributed by atoms with Crippen LogP contribution in [0.25, 0.3) is 0 Å². The van der Waals surface area contributed by atoms with Gasteiger partial charge in [0.1, 0.15) is 0 Å². The van der Waals surface area contributed by atoms with E-state index in [1.807, 2.05) is 45.9 Å². The Morgan fingerprint density at radius 2 is 2.05 bits per heavy atom. The molecule has 0 spiro atoms. The normalized spacial score (nSPS) is 11.3. The molecular formula is C15H24N2O2. The van der Waals surface area contributed by atoms with Gasteiger partial charge < -0.3 is 15.3 Å². The average molecular weight is 264 g/mol. The third-order valence-corrected chi connectivity index (χ3v) is 3.37. The molecule has 0 saturated heterocycles. The zero-order valence-corrected chi connectivity index (χ0v) is 12.4. The van der Waals surface area contributed by atoms with E-state index in [9.17, 15) is 9.90 Å². The number of carbonyl (C=O) groups excluding carboxylic acids is 1. The van der Waals surface area contributed by atoms with Crippen molar-refractivity contribution >= 4 is 11.6 Å². The molecule has 1 aromatic carbocycles. The van der Waals surface area contributed by atoms with Crippen LogP contribution < -0.4 is 5.32 Å². The van der Waals surface area contributed by atoms with Gasteiger partial charge in [0.25, 0.3) is 5.91 Å². The highest BCUT2D eigenvalue weighted by Crippen LogP contribution is 2.22. The van der Waals surface area contributed by atoms with E-state index in [-0.39, 0.29) is 12.5 Å². The van der Waals surface area contributed by atoms with Crippen molar-refractivity contribution in [1.29, 1.82) is 0 Å². The second-order valence-electron chi connectivity index (χ2n) is 5.41. The Labute approximate surface area is 115 Å². The van der Waals surface area contributed by atoms with Gasteiger partial charge in [-0.2, -0.15) is 0 Å². The van der Waals surface area contributed by atoms with Gasteiger partial charge in [-0.1, -0.05) is 11.6 Å². The van der Waals surface area contributed by atoms with Crippen LogP contribution in [0.15, 0.2) is 18.2 Å². The van der Waals surface area contributed by atoms with E-state index in [1.165, 1.54) is 0 Å². The molecule has 2 N–H and O–H groups in total. The Morgan fingerprint density at radius 3 is 2.58 bits per heavy atom. The number of hydrogen-bond donors (Lipinski definition) is 2. The number of likely N-dealkylation sites (N-methyl/N-ethyl adjacent to an activating group) is 1. The Hall–Kier alpha value is -1.55. The first-order valence-corrected chi connectivity index (χ1v) is 6.57. The van der Waals surface area contributed by atoms with Crippen LogP contribution in [0, 0.1) is 6.92 Å². The van der Waals surface area contributed by atoms with Crippen LogP contribution in [0.1, 0.15) is 36.7 Å². The lowest BCUT2D eigenvalue weighted by molar-refractivity contribution is 0.0474. The quantitative estimate of drug-likeness (QED) is 0.858. The molecule has 0 bridgehead atoms. The number of benzene rings is 1. The number of nitrogens with one attached hydrogen (secondary N) is 1. The molecule has 0 saturated carbocycles. The van der Waals surface area contributed by atoms with Crippen molar-refractivity contribution in [3.05, 3.63) is 29.3 Å². The van der Waals surface area contributed by atoms with Gasteiger partial charge >= 0.3 is 0 Å². The fourth-order valence-electron chi connectivity index (χ4n) is 1.74. The number of aryl methyl sites for hydroxylation is 1. The number of anilines is 1. The first-order valence-electron chi connectivity index (χ1n) is 6.57. The third kappa shape index (κ3) is 3.47. The van der Waals surface area contributed by atoms with Gasteiger partial charge in [-0.25, -0.2) is 0 Å². The summed E-state index contributed by atoms with van der Waals surface area (Å²) in [5.74, 6) is -0.0845. The van der Waals surface area contributed by atoms with Crippen molar-refractivity contribution in [2.45, 2.75) is 33.2 Å². The van der Waals surface area contributed by atoms with Gasteiger partial charge in [0.15, 0.2) is 0 Å². The first-order chi connectivity index (χ1) is 8.83. The summed E-state index contributed by atoms with van der Waals surface area (Å²) in [4.78, 5) is 14.2. The lowest BCUT2D eigenvalue weighted by atomic mass is 10.0. The number of aliphatic hydroxyl groups excluding tert-OH is 1. The van der Waals surface area contributed by atoms with E-state index in [4.69, 9.17) is 0 Å². The maximum Gasteiger partial charge on any atom is 0.256 e. The monoisotopic (exact) mass is 264 g/mol. The van der Waals surface area contributed by atoms with Gasteiger partial charge in [0, 0.05) is 19.3 Å². The molecule has 1 rings (SSSR count). The standard InChI is InChI=1S/C15H24N2O2/c1-6-16-13-8-7-11(2)9-12(13)14(19)17(5)15(3,4)10-18/h7-9,16,18H,6,10H2,1-5H3. The predicted molar refractivity (Wildman–Crippen MR) is 78.6 cm³/mol. The molecule has 0 radical (unpaired) electrons. The van der Waals surface area contributed by atoms with E-state index in [0.29, 0.717) is 5.56 Å². The predicted octanol–water partition coefficient (Wildman–Crippen LogP) is 2.27. The highest BCUT2D eigenvalue weighted by molar-refractivity contribution is 6.00. The largest absolute Gasteiger partial charge is 0.394 e. The van der Waals surface area contributed by atoms with E-state index >= 15 is 0 Å². The molecular weight excluding hydrogens is 240 g/mol. The maximum atomic E-state index is 12.6. The van der Waals surface area contributed by atoms with Crippen LogP contribution in [-0.4, -0.2) is 41.7 Å². The molecule has 106 valence electrons. The highest BCUT2D eigenvalue weighted by atomic mass is 16.3. The van der Waals surface area contributed by atoms with Gasteiger partial charge in [-0.05, 0) is 39.8 Å². The summed E-state index contributed by atoms with van der Waals surface area (Å²) >= 11 is 0. The van der Waals surface area contributed by atoms with E-state index in [0.717, 1.165) is 17.8 Å². The summed E-state index contributed by atoms with van der Waals surface area (Å²) < 4.78 is 0. The summed E-state index contributed by atoms with van der Waals surface area (Å²) in [6.45, 7) is 8.33. The number of hydrogen-bond acceptors (Lipinski definition) is 3. The smallest absolute Gasteiger partial charge is 0.256 e. The summed E-state index contributed by atoms with van der Waals surface area (Å²) in [5.41, 5.74) is 1.94. The Kier molecular flexibility index (Phi) is 4.95.